The molecule has 170 valence electrons. The normalized spacial score (nSPS) is 21.9. The van der Waals surface area contributed by atoms with E-state index in [1.54, 1.807) is 0 Å². The van der Waals surface area contributed by atoms with Crippen molar-refractivity contribution >= 4 is 75.3 Å². The van der Waals surface area contributed by atoms with E-state index in [0.717, 1.165) is 0 Å². The number of hydrogen-bond acceptors (Lipinski definition) is 14. The summed E-state index contributed by atoms with van der Waals surface area (Å²) < 4.78 is 98.2. The summed E-state index contributed by atoms with van der Waals surface area (Å²) in [4.78, 5) is 44.0. The molecule has 0 fully saturated rings. The highest BCUT2D eigenvalue weighted by Gasteiger charge is 2.50. The molecule has 0 aromatic rings. The van der Waals surface area contributed by atoms with E-state index in [4.69, 9.17) is 19.6 Å². The van der Waals surface area contributed by atoms with E-state index in [1.807, 2.05) is 0 Å². The molecule has 0 saturated carbocycles. The molecule has 0 spiro atoms. The lowest BCUT2D eigenvalue weighted by Gasteiger charge is -2.22. The van der Waals surface area contributed by atoms with Gasteiger partial charge in [-0.2, -0.15) is 21.6 Å². The van der Waals surface area contributed by atoms with Gasteiger partial charge in [-0.25, -0.2) is 27.4 Å². The predicted octanol–water partition coefficient (Wildman–Crippen LogP) is 2.10. The van der Waals surface area contributed by atoms with Crippen LogP contribution in [-0.2, 0) is 61.9 Å². The molecule has 0 radical (unpaired) electrons. The topological polar surface area (TPSA) is 277 Å². The van der Waals surface area contributed by atoms with Crippen molar-refractivity contribution in [1.29, 1.82) is 0 Å². The second-order valence-electron chi connectivity index (χ2n) is 3.52. The van der Waals surface area contributed by atoms with Crippen molar-refractivity contribution in [3.63, 3.8) is 0 Å². The van der Waals surface area contributed by atoms with Crippen LogP contribution in [0.4, 0.5) is 0 Å². The van der Waals surface area contributed by atoms with Crippen molar-refractivity contribution in [2.24, 2.45) is 0 Å². The van der Waals surface area contributed by atoms with E-state index in [0.29, 0.717) is 0 Å². The first kappa shape index (κ1) is 30.1. The van der Waals surface area contributed by atoms with E-state index in [9.17, 15) is 32.3 Å². The molecule has 0 bridgehead atoms. The minimum Gasteiger partial charge on any atom is -0.302 e. The molecule has 0 aromatic carbocycles. The summed E-state index contributed by atoms with van der Waals surface area (Å²) in [6.45, 7) is 0. The van der Waals surface area contributed by atoms with Gasteiger partial charge in [0.15, 0.2) is 0 Å². The second kappa shape index (κ2) is 10.8. The number of rotatable bonds is 13. The zero-order valence-electron chi connectivity index (χ0n) is 12.4. The van der Waals surface area contributed by atoms with Crippen molar-refractivity contribution in [2.45, 2.75) is 0 Å². The minimum atomic E-state index is -6.18. The summed E-state index contributed by atoms with van der Waals surface area (Å²) >= 11 is 0. The lowest BCUT2D eigenvalue weighted by molar-refractivity contribution is 0.189. The summed E-state index contributed by atoms with van der Waals surface area (Å²) in [5, 5.41) is 0. The van der Waals surface area contributed by atoms with Crippen LogP contribution >= 0.6 is 75.3 Å². The van der Waals surface area contributed by atoms with E-state index in [1.165, 1.54) is 28.4 Å². The minimum absolute atomic E-state index is 1.17. The van der Waals surface area contributed by atoms with E-state index < -0.39 is 46.9 Å². The van der Waals surface area contributed by atoms with Crippen LogP contribution in [0.1, 0.15) is 0 Å². The molecule has 28 heteroatoms. The van der Waals surface area contributed by atoms with Crippen molar-refractivity contribution in [3.05, 3.63) is 0 Å². The van der Waals surface area contributed by atoms with Gasteiger partial charge in [-0.05, 0) is 0 Å². The van der Waals surface area contributed by atoms with E-state index in [2.05, 4.69) is 34.5 Å². The average Bonchev–Trinajstić information content (AvgIpc) is 2.40. The quantitative estimate of drug-likeness (QED) is 0.191. The van der Waals surface area contributed by atoms with Crippen molar-refractivity contribution in [3.8, 4) is 0 Å². The highest BCUT2D eigenvalue weighted by atomic mass is 31.3. The summed E-state index contributed by atoms with van der Waals surface area (Å²) in [5.41, 5.74) is 0. The standard InChI is InChI=1S/H11O19P9/c1-23(2,3)15-24(4,5)16-25(6,7)17-26(8,9)18-28(11,14-22)19-27(10,12-20)13-21/h20-22H2,(H,4,5)(H,6,7)(H,8,9)(H2,1,2,3). The fraction of sp³-hybridized carbons (Fsp3) is 0. The Morgan fingerprint density at radius 2 is 0.786 bits per heavy atom. The van der Waals surface area contributed by atoms with Gasteiger partial charge in [0.1, 0.15) is 0 Å². The van der Waals surface area contributed by atoms with Gasteiger partial charge in [-0.15, -0.1) is 0 Å². The van der Waals surface area contributed by atoms with Crippen LogP contribution in [0, 0.1) is 0 Å². The zero-order valence-corrected chi connectivity index (χ0v) is 21.2. The Labute approximate surface area is 162 Å². The molecule has 7 atom stereocenters. The highest BCUT2D eigenvalue weighted by Crippen LogP contribution is 2.77. The fourth-order valence-electron chi connectivity index (χ4n) is 0.805. The van der Waals surface area contributed by atoms with Crippen molar-refractivity contribution in [1.82, 2.24) is 0 Å². The number of hydrogen-bond donors (Lipinski definition) is 5. The van der Waals surface area contributed by atoms with Crippen LogP contribution in [0.2, 0.25) is 0 Å². The predicted molar refractivity (Wildman–Crippen MR) is 94.5 cm³/mol. The van der Waals surface area contributed by atoms with Gasteiger partial charge in [0.25, 0.3) is 0 Å². The van der Waals surface area contributed by atoms with Gasteiger partial charge in [-0.3, -0.25) is 12.9 Å². The maximum atomic E-state index is 12.0. The summed E-state index contributed by atoms with van der Waals surface area (Å²) in [6, 6.07) is 0. The Morgan fingerprint density at radius 1 is 0.464 bits per heavy atom. The molecule has 0 saturated heterocycles. The molecular formula is H11O19P9. The lowest BCUT2D eigenvalue weighted by atomic mass is 15.7. The summed E-state index contributed by atoms with van der Waals surface area (Å²) in [6.07, 6.45) is 0. The van der Waals surface area contributed by atoms with Gasteiger partial charge in [0, 0.05) is 28.4 Å². The van der Waals surface area contributed by atoms with Gasteiger partial charge >= 0.3 is 46.9 Å². The van der Waals surface area contributed by atoms with Crippen molar-refractivity contribution in [2.75, 3.05) is 0 Å². The van der Waals surface area contributed by atoms with Crippen LogP contribution in [0.15, 0.2) is 0 Å². The maximum Gasteiger partial charge on any atom is 0.495 e. The van der Waals surface area contributed by atoms with E-state index >= 15 is 0 Å². The molecule has 28 heavy (non-hydrogen) atoms. The first-order valence-corrected chi connectivity index (χ1v) is 15.5. The van der Waals surface area contributed by atoms with Gasteiger partial charge < -0.3 is 24.5 Å². The summed E-state index contributed by atoms with van der Waals surface area (Å²) in [7, 11) is -30.4. The molecule has 19 nitrogen and oxygen atoms in total. The van der Waals surface area contributed by atoms with Gasteiger partial charge in [0.05, 0.1) is 0 Å². The highest BCUT2D eigenvalue weighted by molar-refractivity contribution is 7.74. The van der Waals surface area contributed by atoms with Crippen LogP contribution in [0.25, 0.3) is 0 Å². The third-order valence-electron chi connectivity index (χ3n) is 1.41. The third kappa shape index (κ3) is 12.3. The number of phosphoric acid groups is 6. The van der Waals surface area contributed by atoms with Gasteiger partial charge in [0.2, 0.25) is 0 Å². The third-order valence-corrected chi connectivity index (χ3v) is 12.7. The maximum absolute atomic E-state index is 12.0. The van der Waals surface area contributed by atoms with Crippen LogP contribution < -0.4 is 0 Å². The monoisotopic (exact) mass is 594 g/mol. The molecule has 7 unspecified atom stereocenters. The van der Waals surface area contributed by atoms with Gasteiger partial charge in [-0.1, -0.05) is 0 Å². The van der Waals surface area contributed by atoms with Crippen molar-refractivity contribution < 1.29 is 86.3 Å². The first-order valence-electron chi connectivity index (χ1n) is 5.18. The molecule has 0 aromatic heterocycles. The molecule has 0 rings (SSSR count). The Hall–Kier alpha value is 2.15. The Balaban J connectivity index is 5.44. The Morgan fingerprint density at radius 3 is 1.11 bits per heavy atom. The molecule has 0 aliphatic heterocycles. The summed E-state index contributed by atoms with van der Waals surface area (Å²) in [5.74, 6) is 0. The molecule has 5 N–H and O–H groups in total. The smallest absolute Gasteiger partial charge is 0.302 e. The largest absolute Gasteiger partial charge is 0.495 e. The molecule has 0 aliphatic rings. The van der Waals surface area contributed by atoms with E-state index in [-0.39, 0.29) is 0 Å². The van der Waals surface area contributed by atoms with Crippen LogP contribution in [-0.4, -0.2) is 24.5 Å². The molecule has 0 aliphatic carbocycles. The Bertz CT molecular complexity index is 803. The Kier molecular flexibility index (Phi) is 11.7. The van der Waals surface area contributed by atoms with Crippen LogP contribution in [0.5, 0.6) is 0 Å². The zero-order chi connectivity index (χ0) is 22.7. The SMILES string of the molecule is O=P(O)(O)OP(=O)(O)OP(=O)(O)OP(=O)(O)OP(=O)(OP)OP(=O)(OP)OP. The second-order valence-corrected chi connectivity index (χ2v) is 14.9. The molecular weight excluding hydrogens is 583 g/mol. The average molecular weight is 594 g/mol. The molecule has 0 amide bonds. The fourth-order valence-corrected chi connectivity index (χ4v) is 10.2. The lowest BCUT2D eigenvalue weighted by Crippen LogP contribution is -1.99. The van der Waals surface area contributed by atoms with Crippen LogP contribution in [0.3, 0.4) is 0 Å². The first-order chi connectivity index (χ1) is 12.2. The molecule has 0 heterocycles.